The van der Waals surface area contributed by atoms with Gasteiger partial charge in [-0.25, -0.2) is 5.48 Å². The van der Waals surface area contributed by atoms with Crippen LogP contribution in [0.15, 0.2) is 48.5 Å². The Labute approximate surface area is 217 Å². The first kappa shape index (κ1) is 27.2. The Morgan fingerprint density at radius 2 is 1.70 bits per heavy atom. The van der Waals surface area contributed by atoms with Crippen LogP contribution in [0.25, 0.3) is 0 Å². The van der Waals surface area contributed by atoms with E-state index in [1.807, 2.05) is 42.5 Å². The first-order valence-corrected chi connectivity index (χ1v) is 13.1. The average molecular weight is 512 g/mol. The highest BCUT2D eigenvalue weighted by Crippen LogP contribution is 2.38. The second-order valence-corrected chi connectivity index (χ2v) is 9.77. The van der Waals surface area contributed by atoms with Gasteiger partial charge in [0.2, 0.25) is 11.8 Å². The molecule has 0 aliphatic carbocycles. The summed E-state index contributed by atoms with van der Waals surface area (Å²) in [6, 6.07) is 15.3. The smallest absolute Gasteiger partial charge is 0.243 e. The molecule has 9 nitrogen and oxygen atoms in total. The van der Waals surface area contributed by atoms with Crippen molar-refractivity contribution in [2.75, 3.05) is 25.0 Å². The van der Waals surface area contributed by atoms with E-state index in [0.29, 0.717) is 12.1 Å². The highest BCUT2D eigenvalue weighted by Gasteiger charge is 2.33. The van der Waals surface area contributed by atoms with Crippen molar-refractivity contribution in [3.8, 4) is 0 Å². The van der Waals surface area contributed by atoms with E-state index < -0.39 is 12.2 Å². The Morgan fingerprint density at radius 3 is 2.43 bits per heavy atom. The summed E-state index contributed by atoms with van der Waals surface area (Å²) in [4.78, 5) is 26.0. The van der Waals surface area contributed by atoms with Crippen LogP contribution in [-0.4, -0.2) is 52.8 Å². The molecule has 0 aromatic heterocycles. The van der Waals surface area contributed by atoms with Crippen molar-refractivity contribution in [3.63, 3.8) is 0 Å². The third-order valence-electron chi connectivity index (χ3n) is 6.90. The van der Waals surface area contributed by atoms with Crippen molar-refractivity contribution in [1.29, 1.82) is 0 Å². The number of anilines is 1. The lowest BCUT2D eigenvalue weighted by atomic mass is 9.99. The van der Waals surface area contributed by atoms with Crippen molar-refractivity contribution >= 4 is 17.5 Å². The average Bonchev–Trinajstić information content (AvgIpc) is 2.93. The molecule has 2 fully saturated rings. The molecule has 0 saturated carbocycles. The minimum atomic E-state index is -0.587. The van der Waals surface area contributed by atoms with E-state index in [9.17, 15) is 14.7 Å². The zero-order valence-corrected chi connectivity index (χ0v) is 21.1. The molecule has 2 heterocycles. The number of nitrogens with zero attached hydrogens (tertiary/aromatic N) is 1. The van der Waals surface area contributed by atoms with Gasteiger partial charge in [-0.3, -0.25) is 14.8 Å². The van der Waals surface area contributed by atoms with E-state index in [0.717, 1.165) is 42.7 Å². The van der Waals surface area contributed by atoms with Crippen LogP contribution in [-0.2, 0) is 25.7 Å². The number of hydrogen-bond donors (Lipinski definition) is 4. The number of nitrogens with one attached hydrogen (secondary N) is 2. The van der Waals surface area contributed by atoms with E-state index in [4.69, 9.17) is 14.7 Å². The molecule has 200 valence electrons. The van der Waals surface area contributed by atoms with Gasteiger partial charge in [0.1, 0.15) is 0 Å². The Balaban J connectivity index is 1.45. The van der Waals surface area contributed by atoms with Gasteiger partial charge in [-0.15, -0.1) is 0 Å². The Hall–Kier alpha value is -2.82. The van der Waals surface area contributed by atoms with Gasteiger partial charge in [0, 0.05) is 37.1 Å². The molecule has 2 saturated heterocycles. The molecule has 2 aromatic carbocycles. The van der Waals surface area contributed by atoms with Crippen molar-refractivity contribution in [1.82, 2.24) is 10.4 Å². The molecule has 3 atom stereocenters. The van der Waals surface area contributed by atoms with E-state index in [1.54, 1.807) is 11.5 Å². The third-order valence-corrected chi connectivity index (χ3v) is 6.90. The Bertz CT molecular complexity index is 1020. The summed E-state index contributed by atoms with van der Waals surface area (Å²) in [5, 5.41) is 20.9. The number of hydroxylamine groups is 1. The number of piperidine rings is 1. The minimum Gasteiger partial charge on any atom is -0.392 e. The molecular weight excluding hydrogens is 474 g/mol. The summed E-state index contributed by atoms with van der Waals surface area (Å²) in [7, 11) is 0. The molecule has 4 rings (SSSR count). The molecule has 2 amide bonds. The molecule has 2 aliphatic rings. The third kappa shape index (κ3) is 8.08. The molecule has 3 unspecified atom stereocenters. The van der Waals surface area contributed by atoms with Crippen molar-refractivity contribution in [3.05, 3.63) is 65.2 Å². The number of benzene rings is 2. The second kappa shape index (κ2) is 13.6. The number of aliphatic hydroxyl groups is 1. The summed E-state index contributed by atoms with van der Waals surface area (Å²) in [5.74, 6) is -0.723. The quantitative estimate of drug-likeness (QED) is 0.283. The van der Waals surface area contributed by atoms with Gasteiger partial charge >= 0.3 is 0 Å². The monoisotopic (exact) mass is 511 g/mol. The minimum absolute atomic E-state index is 0.00225. The predicted octanol–water partition coefficient (Wildman–Crippen LogP) is 3.82. The fourth-order valence-electron chi connectivity index (χ4n) is 4.91. The van der Waals surface area contributed by atoms with Crippen LogP contribution in [0.2, 0.25) is 0 Å². The van der Waals surface area contributed by atoms with Gasteiger partial charge in [0.25, 0.3) is 0 Å². The number of amides is 2. The van der Waals surface area contributed by atoms with Gasteiger partial charge in [0.15, 0.2) is 6.29 Å². The van der Waals surface area contributed by atoms with Crippen molar-refractivity contribution < 1.29 is 29.4 Å². The molecule has 2 aromatic rings. The standard InChI is InChI=1S/C28H37N3O6/c32-19-20-10-12-21(13-11-20)25-17-24(18-31-14-2-1-3-15-31)36-28(37-25)22-6-4-7-23(16-22)29-26(33)8-5-9-27(34)30-35/h4,6-7,10-13,16,24-25,28,32,35H,1-3,5,8-9,14-15,17-19H2,(H,29,33)(H,30,34). The van der Waals surface area contributed by atoms with Gasteiger partial charge in [-0.1, -0.05) is 42.8 Å². The van der Waals surface area contributed by atoms with E-state index in [-0.39, 0.29) is 37.6 Å². The number of rotatable bonds is 10. The molecule has 0 bridgehead atoms. The SMILES string of the molecule is O=C(CCCC(=O)Nc1cccc(C2OC(CN3CCCCC3)CC(c3ccc(CO)cc3)O2)c1)NO. The van der Waals surface area contributed by atoms with Crippen LogP contribution in [0.3, 0.4) is 0 Å². The summed E-state index contributed by atoms with van der Waals surface area (Å²) in [6.45, 7) is 3.02. The first-order chi connectivity index (χ1) is 18.0. The number of hydrogen-bond acceptors (Lipinski definition) is 7. The lowest BCUT2D eigenvalue weighted by Crippen LogP contribution is -2.41. The lowest BCUT2D eigenvalue weighted by Gasteiger charge is -2.39. The van der Waals surface area contributed by atoms with Crippen LogP contribution in [0.1, 0.15) is 74.0 Å². The van der Waals surface area contributed by atoms with E-state index in [2.05, 4.69) is 10.2 Å². The zero-order valence-electron chi connectivity index (χ0n) is 21.1. The highest BCUT2D eigenvalue weighted by atomic mass is 16.7. The van der Waals surface area contributed by atoms with Gasteiger partial charge in [0.05, 0.1) is 18.8 Å². The number of carbonyl (C=O) groups is 2. The maximum absolute atomic E-state index is 12.3. The van der Waals surface area contributed by atoms with Crippen LogP contribution in [0, 0.1) is 0 Å². The Kier molecular flexibility index (Phi) is 10.0. The molecule has 0 spiro atoms. The van der Waals surface area contributed by atoms with Gasteiger partial charge in [-0.2, -0.15) is 0 Å². The molecule has 9 heteroatoms. The largest absolute Gasteiger partial charge is 0.392 e. The van der Waals surface area contributed by atoms with Gasteiger partial charge in [-0.05, 0) is 55.6 Å². The molecular formula is C28H37N3O6. The molecule has 4 N–H and O–H groups in total. The summed E-state index contributed by atoms with van der Waals surface area (Å²) in [5.41, 5.74) is 4.92. The lowest BCUT2D eigenvalue weighted by molar-refractivity contribution is -0.253. The van der Waals surface area contributed by atoms with E-state index >= 15 is 0 Å². The molecule has 37 heavy (non-hydrogen) atoms. The number of carbonyl (C=O) groups excluding carboxylic acids is 2. The topological polar surface area (TPSA) is 120 Å². The van der Waals surface area contributed by atoms with Crippen molar-refractivity contribution in [2.45, 2.75) is 70.1 Å². The summed E-state index contributed by atoms with van der Waals surface area (Å²) in [6.07, 6.45) is 4.27. The maximum Gasteiger partial charge on any atom is 0.243 e. The molecule has 2 aliphatic heterocycles. The number of ether oxygens (including phenoxy) is 2. The highest BCUT2D eigenvalue weighted by molar-refractivity contribution is 5.91. The zero-order chi connectivity index (χ0) is 26.0. The van der Waals surface area contributed by atoms with Crippen LogP contribution < -0.4 is 10.8 Å². The molecule has 0 radical (unpaired) electrons. The number of likely N-dealkylation sites (tertiary alicyclic amines) is 1. The second-order valence-electron chi connectivity index (χ2n) is 9.77. The predicted molar refractivity (Wildman–Crippen MR) is 138 cm³/mol. The van der Waals surface area contributed by atoms with Crippen LogP contribution in [0.5, 0.6) is 0 Å². The maximum atomic E-state index is 12.3. The van der Waals surface area contributed by atoms with E-state index in [1.165, 1.54) is 19.3 Å². The fraction of sp³-hybridized carbons (Fsp3) is 0.500. The normalized spacial score (nSPS) is 22.4. The van der Waals surface area contributed by atoms with Crippen LogP contribution >= 0.6 is 0 Å². The Morgan fingerprint density at radius 1 is 0.946 bits per heavy atom. The van der Waals surface area contributed by atoms with Crippen LogP contribution in [0.4, 0.5) is 5.69 Å². The first-order valence-electron chi connectivity index (χ1n) is 13.1. The summed E-state index contributed by atoms with van der Waals surface area (Å²) < 4.78 is 12.9. The summed E-state index contributed by atoms with van der Waals surface area (Å²) >= 11 is 0. The number of aliphatic hydroxyl groups excluding tert-OH is 1. The fourth-order valence-corrected chi connectivity index (χ4v) is 4.91. The van der Waals surface area contributed by atoms with Gasteiger partial charge < -0.3 is 24.8 Å². The van der Waals surface area contributed by atoms with Crippen molar-refractivity contribution in [2.24, 2.45) is 0 Å².